The summed E-state index contributed by atoms with van der Waals surface area (Å²) in [6.45, 7) is 8.34. The van der Waals surface area contributed by atoms with E-state index in [2.05, 4.69) is 38.0 Å². The third-order valence-electron chi connectivity index (χ3n) is 3.36. The van der Waals surface area contributed by atoms with Gasteiger partial charge in [0.05, 0.1) is 16.2 Å². The molecule has 3 nitrogen and oxygen atoms in total. The first-order valence-electron chi connectivity index (χ1n) is 6.51. The second kappa shape index (κ2) is 5.29. The van der Waals surface area contributed by atoms with Crippen LogP contribution in [0, 0.1) is 0 Å². The maximum atomic E-state index is 10.3. The molecule has 0 aliphatic rings. The van der Waals surface area contributed by atoms with E-state index in [9.17, 15) is 5.11 Å². The molecule has 0 spiro atoms. The van der Waals surface area contributed by atoms with Gasteiger partial charge in [-0.25, -0.2) is 0 Å². The van der Waals surface area contributed by atoms with Crippen LogP contribution in [-0.2, 0) is 5.41 Å². The molecule has 0 atom stereocenters. The third-order valence-corrected chi connectivity index (χ3v) is 4.38. The molecule has 0 aliphatic carbocycles. The molecule has 1 heterocycles. The highest BCUT2D eigenvalue weighted by molar-refractivity contribution is 7.14. The molecule has 20 heavy (non-hydrogen) atoms. The third kappa shape index (κ3) is 2.70. The van der Waals surface area contributed by atoms with Crippen molar-refractivity contribution in [3.05, 3.63) is 40.8 Å². The largest absolute Gasteiger partial charge is 0.506 e. The van der Waals surface area contributed by atoms with Crippen molar-refractivity contribution in [2.75, 3.05) is 0 Å². The van der Waals surface area contributed by atoms with Crippen molar-refractivity contribution in [2.45, 2.75) is 33.1 Å². The number of hydrogen-bond acceptors (Lipinski definition) is 4. The molecule has 106 valence electrons. The van der Waals surface area contributed by atoms with Crippen LogP contribution >= 0.6 is 11.3 Å². The van der Waals surface area contributed by atoms with Gasteiger partial charge in [-0.15, -0.1) is 11.3 Å². The molecular formula is C16H20N2OS. The van der Waals surface area contributed by atoms with Crippen LogP contribution < -0.4 is 5.84 Å². The average molecular weight is 288 g/mol. The lowest BCUT2D eigenvalue weighted by Crippen LogP contribution is -2.10. The van der Waals surface area contributed by atoms with Crippen LogP contribution in [-0.4, -0.2) is 10.8 Å². The van der Waals surface area contributed by atoms with E-state index < -0.39 is 0 Å². The highest BCUT2D eigenvalue weighted by Crippen LogP contribution is 2.39. The van der Waals surface area contributed by atoms with Crippen LogP contribution in [0.15, 0.2) is 34.7 Å². The number of thiophene rings is 1. The van der Waals surface area contributed by atoms with E-state index in [0.29, 0.717) is 11.3 Å². The second-order valence-electron chi connectivity index (χ2n) is 5.87. The van der Waals surface area contributed by atoms with Crippen molar-refractivity contribution in [3.63, 3.8) is 0 Å². The van der Waals surface area contributed by atoms with Gasteiger partial charge in [-0.1, -0.05) is 45.0 Å². The summed E-state index contributed by atoms with van der Waals surface area (Å²) in [5, 5.41) is 15.8. The van der Waals surface area contributed by atoms with Crippen LogP contribution in [0.2, 0.25) is 0 Å². The summed E-state index contributed by atoms with van der Waals surface area (Å²) < 4.78 is 0. The average Bonchev–Trinajstić information content (AvgIpc) is 2.79. The van der Waals surface area contributed by atoms with E-state index in [1.165, 1.54) is 16.9 Å². The van der Waals surface area contributed by atoms with Crippen LogP contribution in [0.3, 0.4) is 0 Å². The number of hydrazone groups is 1. The summed E-state index contributed by atoms with van der Waals surface area (Å²) >= 11 is 1.50. The smallest absolute Gasteiger partial charge is 0.143 e. The number of rotatable bonds is 2. The van der Waals surface area contributed by atoms with Gasteiger partial charge in [0, 0.05) is 5.38 Å². The zero-order chi connectivity index (χ0) is 14.9. The Morgan fingerprint density at radius 3 is 2.30 bits per heavy atom. The Labute approximate surface area is 123 Å². The van der Waals surface area contributed by atoms with Crippen LogP contribution in [0.1, 0.15) is 38.8 Å². The maximum Gasteiger partial charge on any atom is 0.143 e. The Kier molecular flexibility index (Phi) is 3.86. The highest BCUT2D eigenvalue weighted by Gasteiger charge is 2.16. The van der Waals surface area contributed by atoms with E-state index >= 15 is 0 Å². The molecule has 1 aromatic carbocycles. The lowest BCUT2D eigenvalue weighted by molar-refractivity contribution is 0.478. The zero-order valence-electron chi connectivity index (χ0n) is 12.3. The first-order valence-corrected chi connectivity index (χ1v) is 7.38. The summed E-state index contributed by atoms with van der Waals surface area (Å²) in [7, 11) is 0. The SMILES string of the molecule is C/C(=N\N)c1csc(-c2ccc(C(C)(C)C)cc2)c1O. The van der Waals surface area contributed by atoms with Crippen molar-refractivity contribution in [1.82, 2.24) is 0 Å². The van der Waals surface area contributed by atoms with E-state index in [1.54, 1.807) is 6.92 Å². The standard InChI is InChI=1S/C16H20N2OS/c1-10(18-17)13-9-20-15(14(13)19)11-5-7-12(8-6-11)16(2,3)4/h5-9,19H,17H2,1-4H3/b18-10+. The lowest BCUT2D eigenvalue weighted by Gasteiger charge is -2.19. The number of aromatic hydroxyl groups is 1. The molecule has 0 amide bonds. The van der Waals surface area contributed by atoms with Crippen molar-refractivity contribution in [2.24, 2.45) is 10.9 Å². The first kappa shape index (κ1) is 14.6. The fourth-order valence-corrected chi connectivity index (χ4v) is 3.02. The molecular weight excluding hydrogens is 268 g/mol. The van der Waals surface area contributed by atoms with Gasteiger partial charge < -0.3 is 10.9 Å². The molecule has 0 bridgehead atoms. The fraction of sp³-hybridized carbons (Fsp3) is 0.312. The Morgan fingerprint density at radius 1 is 1.20 bits per heavy atom. The molecule has 0 saturated heterocycles. The predicted molar refractivity (Wildman–Crippen MR) is 86.5 cm³/mol. The minimum atomic E-state index is 0.129. The van der Waals surface area contributed by atoms with Crippen LogP contribution in [0.25, 0.3) is 10.4 Å². The number of benzene rings is 1. The highest BCUT2D eigenvalue weighted by atomic mass is 32.1. The Balaban J connectivity index is 2.41. The molecule has 0 unspecified atom stereocenters. The molecule has 0 fully saturated rings. The predicted octanol–water partition coefficient (Wildman–Crippen LogP) is 4.10. The van der Waals surface area contributed by atoms with E-state index in [4.69, 9.17) is 5.84 Å². The Bertz CT molecular complexity index is 633. The van der Waals surface area contributed by atoms with Crippen LogP contribution in [0.5, 0.6) is 5.75 Å². The summed E-state index contributed by atoms with van der Waals surface area (Å²) in [6.07, 6.45) is 0. The molecule has 2 rings (SSSR count). The van der Waals surface area contributed by atoms with Gasteiger partial charge in [-0.3, -0.25) is 0 Å². The number of nitrogens with two attached hydrogens (primary N) is 1. The number of hydrogen-bond donors (Lipinski definition) is 2. The van der Waals surface area contributed by atoms with Gasteiger partial charge >= 0.3 is 0 Å². The second-order valence-corrected chi connectivity index (χ2v) is 6.75. The zero-order valence-corrected chi connectivity index (χ0v) is 13.1. The van der Waals surface area contributed by atoms with Gasteiger partial charge in [0.1, 0.15) is 5.75 Å². The van der Waals surface area contributed by atoms with Crippen molar-refractivity contribution >= 4 is 17.0 Å². The van der Waals surface area contributed by atoms with Crippen molar-refractivity contribution < 1.29 is 5.11 Å². The van der Waals surface area contributed by atoms with E-state index in [1.807, 2.05) is 17.5 Å². The Morgan fingerprint density at radius 2 is 1.80 bits per heavy atom. The van der Waals surface area contributed by atoms with Crippen molar-refractivity contribution in [1.29, 1.82) is 0 Å². The quantitative estimate of drug-likeness (QED) is 0.496. The molecule has 1 aromatic heterocycles. The fourth-order valence-electron chi connectivity index (χ4n) is 2.00. The summed E-state index contributed by atoms with van der Waals surface area (Å²) in [5.41, 5.74) is 3.75. The van der Waals surface area contributed by atoms with Gasteiger partial charge in [-0.2, -0.15) is 5.10 Å². The van der Waals surface area contributed by atoms with E-state index in [-0.39, 0.29) is 11.2 Å². The Hall–Kier alpha value is -1.81. The van der Waals surface area contributed by atoms with Crippen LogP contribution in [0.4, 0.5) is 0 Å². The normalized spacial score (nSPS) is 12.7. The van der Waals surface area contributed by atoms with E-state index in [0.717, 1.165) is 10.4 Å². The lowest BCUT2D eigenvalue weighted by atomic mass is 9.86. The molecule has 0 saturated carbocycles. The molecule has 0 aliphatic heterocycles. The monoisotopic (exact) mass is 288 g/mol. The minimum Gasteiger partial charge on any atom is -0.506 e. The number of nitrogens with zero attached hydrogens (tertiary/aromatic N) is 1. The maximum absolute atomic E-state index is 10.3. The molecule has 2 aromatic rings. The molecule has 3 N–H and O–H groups in total. The molecule has 4 heteroatoms. The summed E-state index contributed by atoms with van der Waals surface area (Å²) in [6, 6.07) is 8.31. The van der Waals surface area contributed by atoms with Gasteiger partial charge in [-0.05, 0) is 23.5 Å². The van der Waals surface area contributed by atoms with Gasteiger partial charge in [0.2, 0.25) is 0 Å². The molecule has 0 radical (unpaired) electrons. The van der Waals surface area contributed by atoms with Gasteiger partial charge in [0.15, 0.2) is 0 Å². The topological polar surface area (TPSA) is 58.6 Å². The summed E-state index contributed by atoms with van der Waals surface area (Å²) in [5.74, 6) is 5.52. The summed E-state index contributed by atoms with van der Waals surface area (Å²) in [4.78, 5) is 0.850. The first-order chi connectivity index (χ1) is 9.34. The van der Waals surface area contributed by atoms with Crippen molar-refractivity contribution in [3.8, 4) is 16.2 Å². The minimum absolute atomic E-state index is 0.129. The van der Waals surface area contributed by atoms with Gasteiger partial charge in [0.25, 0.3) is 0 Å².